The summed E-state index contributed by atoms with van der Waals surface area (Å²) in [6, 6.07) is 17.9. The minimum absolute atomic E-state index is 0.138. The zero-order valence-corrected chi connectivity index (χ0v) is 15.7. The SMILES string of the molecule is CCn1ccc2ccc(NC(=O)c3c(C)nn(-c4ccccc4)c3C)cc21. The predicted molar refractivity (Wildman–Crippen MR) is 109 cm³/mol. The Labute approximate surface area is 158 Å². The van der Waals surface area contributed by atoms with Gasteiger partial charge in [-0.15, -0.1) is 0 Å². The Balaban J connectivity index is 1.67. The molecular weight excluding hydrogens is 336 g/mol. The molecule has 5 nitrogen and oxygen atoms in total. The minimum atomic E-state index is -0.138. The van der Waals surface area contributed by atoms with Gasteiger partial charge in [-0.1, -0.05) is 24.3 Å². The maximum atomic E-state index is 13.0. The molecule has 136 valence electrons. The van der Waals surface area contributed by atoms with Crippen LogP contribution in [-0.4, -0.2) is 20.3 Å². The molecule has 4 rings (SSSR count). The first-order valence-corrected chi connectivity index (χ1v) is 9.10. The fraction of sp³-hybridized carbons (Fsp3) is 0.182. The number of aryl methyl sites for hydroxylation is 2. The first-order chi connectivity index (χ1) is 13.1. The number of hydrogen-bond acceptors (Lipinski definition) is 2. The highest BCUT2D eigenvalue weighted by Gasteiger charge is 2.19. The maximum Gasteiger partial charge on any atom is 0.259 e. The number of aromatic nitrogens is 3. The van der Waals surface area contributed by atoms with E-state index in [-0.39, 0.29) is 5.91 Å². The maximum absolute atomic E-state index is 13.0. The molecule has 0 radical (unpaired) electrons. The van der Waals surface area contributed by atoms with E-state index >= 15 is 0 Å². The fourth-order valence-electron chi connectivity index (χ4n) is 3.52. The van der Waals surface area contributed by atoms with Crippen molar-refractivity contribution in [3.8, 4) is 5.69 Å². The van der Waals surface area contributed by atoms with Crippen molar-refractivity contribution in [1.29, 1.82) is 0 Å². The van der Waals surface area contributed by atoms with Gasteiger partial charge < -0.3 is 9.88 Å². The summed E-state index contributed by atoms with van der Waals surface area (Å²) in [5.41, 5.74) is 5.00. The molecule has 0 aliphatic rings. The first kappa shape index (κ1) is 17.1. The van der Waals surface area contributed by atoms with Crippen molar-refractivity contribution < 1.29 is 4.79 Å². The molecule has 0 atom stereocenters. The molecule has 2 aromatic carbocycles. The van der Waals surface area contributed by atoms with Gasteiger partial charge in [-0.25, -0.2) is 4.68 Å². The predicted octanol–water partition coefficient (Wildman–Crippen LogP) is 4.72. The molecule has 0 saturated heterocycles. The zero-order chi connectivity index (χ0) is 19.0. The summed E-state index contributed by atoms with van der Waals surface area (Å²) in [6.07, 6.45) is 2.06. The van der Waals surface area contributed by atoms with Crippen molar-refractivity contribution in [2.75, 3.05) is 5.32 Å². The van der Waals surface area contributed by atoms with E-state index in [1.807, 2.05) is 67.1 Å². The summed E-state index contributed by atoms with van der Waals surface area (Å²) < 4.78 is 3.98. The summed E-state index contributed by atoms with van der Waals surface area (Å²) in [5.74, 6) is -0.138. The number of anilines is 1. The topological polar surface area (TPSA) is 51.9 Å². The third kappa shape index (κ3) is 3.01. The molecule has 27 heavy (non-hydrogen) atoms. The molecule has 0 saturated carbocycles. The normalized spacial score (nSPS) is 11.1. The second kappa shape index (κ2) is 6.76. The molecule has 0 spiro atoms. The number of hydrogen-bond donors (Lipinski definition) is 1. The van der Waals surface area contributed by atoms with E-state index in [0.29, 0.717) is 11.3 Å². The number of para-hydroxylation sites is 1. The Morgan fingerprint density at radius 1 is 1.07 bits per heavy atom. The summed E-state index contributed by atoms with van der Waals surface area (Å²) in [5, 5.41) is 8.76. The van der Waals surface area contributed by atoms with Crippen molar-refractivity contribution in [1.82, 2.24) is 14.3 Å². The second-order valence-electron chi connectivity index (χ2n) is 6.62. The van der Waals surface area contributed by atoms with Gasteiger partial charge in [0.25, 0.3) is 5.91 Å². The summed E-state index contributed by atoms with van der Waals surface area (Å²) in [4.78, 5) is 13.0. The molecule has 0 aliphatic carbocycles. The van der Waals surface area contributed by atoms with Crippen molar-refractivity contribution >= 4 is 22.5 Å². The van der Waals surface area contributed by atoms with Crippen molar-refractivity contribution in [2.24, 2.45) is 0 Å². The number of carbonyl (C=O) groups excluding carboxylic acids is 1. The van der Waals surface area contributed by atoms with Crippen LogP contribution in [0.25, 0.3) is 16.6 Å². The van der Waals surface area contributed by atoms with Crippen LogP contribution in [0, 0.1) is 13.8 Å². The number of fused-ring (bicyclic) bond motifs is 1. The minimum Gasteiger partial charge on any atom is -0.348 e. The van der Waals surface area contributed by atoms with Crippen molar-refractivity contribution in [3.63, 3.8) is 0 Å². The van der Waals surface area contributed by atoms with E-state index in [1.54, 1.807) is 0 Å². The first-order valence-electron chi connectivity index (χ1n) is 9.10. The van der Waals surface area contributed by atoms with E-state index in [0.717, 1.165) is 29.1 Å². The Kier molecular flexibility index (Phi) is 4.28. The average Bonchev–Trinajstić information content (AvgIpc) is 3.22. The van der Waals surface area contributed by atoms with E-state index in [1.165, 1.54) is 5.39 Å². The number of nitrogens with one attached hydrogen (secondary N) is 1. The quantitative estimate of drug-likeness (QED) is 0.574. The van der Waals surface area contributed by atoms with Gasteiger partial charge in [0.05, 0.1) is 28.2 Å². The molecule has 4 aromatic rings. The lowest BCUT2D eigenvalue weighted by molar-refractivity contribution is 0.102. The molecule has 0 unspecified atom stereocenters. The van der Waals surface area contributed by atoms with Crippen molar-refractivity contribution in [2.45, 2.75) is 27.3 Å². The second-order valence-corrected chi connectivity index (χ2v) is 6.62. The molecule has 2 aromatic heterocycles. The highest BCUT2D eigenvalue weighted by atomic mass is 16.1. The molecule has 5 heteroatoms. The van der Waals surface area contributed by atoms with Gasteiger partial charge in [0.1, 0.15) is 0 Å². The molecule has 2 heterocycles. The van der Waals surface area contributed by atoms with Crippen LogP contribution >= 0.6 is 0 Å². The number of benzene rings is 2. The Morgan fingerprint density at radius 2 is 1.85 bits per heavy atom. The van der Waals surface area contributed by atoms with Crippen molar-refractivity contribution in [3.05, 3.63) is 77.7 Å². The lowest BCUT2D eigenvalue weighted by atomic mass is 10.1. The highest BCUT2D eigenvalue weighted by molar-refractivity contribution is 6.06. The summed E-state index contributed by atoms with van der Waals surface area (Å²) >= 11 is 0. The highest BCUT2D eigenvalue weighted by Crippen LogP contribution is 2.23. The average molecular weight is 358 g/mol. The molecule has 1 amide bonds. The van der Waals surface area contributed by atoms with Crippen LogP contribution in [0.4, 0.5) is 5.69 Å². The third-order valence-corrected chi connectivity index (χ3v) is 4.89. The van der Waals surface area contributed by atoms with E-state index in [2.05, 4.69) is 34.2 Å². The Morgan fingerprint density at radius 3 is 2.59 bits per heavy atom. The van der Waals surface area contributed by atoms with E-state index in [9.17, 15) is 4.79 Å². The molecule has 1 N–H and O–H groups in total. The molecule has 0 aliphatic heterocycles. The lowest BCUT2D eigenvalue weighted by Crippen LogP contribution is -2.14. The Hall–Kier alpha value is -3.34. The van der Waals surface area contributed by atoms with Crippen LogP contribution in [-0.2, 0) is 6.54 Å². The van der Waals surface area contributed by atoms with Crippen LogP contribution < -0.4 is 5.32 Å². The smallest absolute Gasteiger partial charge is 0.259 e. The van der Waals surface area contributed by atoms with Gasteiger partial charge in [-0.2, -0.15) is 5.10 Å². The lowest BCUT2D eigenvalue weighted by Gasteiger charge is -2.08. The van der Waals surface area contributed by atoms with Crippen LogP contribution in [0.2, 0.25) is 0 Å². The number of rotatable bonds is 4. The van der Waals surface area contributed by atoms with Crippen LogP contribution in [0.3, 0.4) is 0 Å². The third-order valence-electron chi connectivity index (χ3n) is 4.89. The van der Waals surface area contributed by atoms with E-state index in [4.69, 9.17) is 0 Å². The monoisotopic (exact) mass is 358 g/mol. The fourth-order valence-corrected chi connectivity index (χ4v) is 3.52. The standard InChI is InChI=1S/C22H22N4O/c1-4-25-13-12-17-10-11-18(14-20(17)25)23-22(27)21-15(2)24-26(16(21)3)19-8-6-5-7-9-19/h5-14H,4H2,1-3H3,(H,23,27). The van der Waals surface area contributed by atoms with Gasteiger partial charge in [0.2, 0.25) is 0 Å². The van der Waals surface area contributed by atoms with Gasteiger partial charge in [-0.3, -0.25) is 4.79 Å². The van der Waals surface area contributed by atoms with Gasteiger partial charge in [0.15, 0.2) is 0 Å². The van der Waals surface area contributed by atoms with Crippen LogP contribution in [0.15, 0.2) is 60.8 Å². The molecule has 0 bridgehead atoms. The van der Waals surface area contributed by atoms with Crippen LogP contribution in [0.5, 0.6) is 0 Å². The van der Waals surface area contributed by atoms with E-state index < -0.39 is 0 Å². The number of nitrogens with zero attached hydrogens (tertiary/aromatic N) is 3. The Bertz CT molecular complexity index is 1120. The van der Waals surface area contributed by atoms with Gasteiger partial charge in [0, 0.05) is 18.4 Å². The van der Waals surface area contributed by atoms with Gasteiger partial charge in [-0.05, 0) is 56.5 Å². The van der Waals surface area contributed by atoms with Crippen LogP contribution in [0.1, 0.15) is 28.7 Å². The van der Waals surface area contributed by atoms with Gasteiger partial charge >= 0.3 is 0 Å². The largest absolute Gasteiger partial charge is 0.348 e. The number of carbonyl (C=O) groups is 1. The molecular formula is C22H22N4O. The summed E-state index contributed by atoms with van der Waals surface area (Å²) in [6.45, 7) is 6.79. The molecule has 0 fully saturated rings. The summed E-state index contributed by atoms with van der Waals surface area (Å²) in [7, 11) is 0. The zero-order valence-electron chi connectivity index (χ0n) is 15.7. The number of amides is 1.